The third-order valence-electron chi connectivity index (χ3n) is 3.05. The second-order valence-corrected chi connectivity index (χ2v) is 4.61. The Morgan fingerprint density at radius 3 is 2.70 bits per heavy atom. The number of pyridine rings is 1. The molecular weight excluding hydrogens is 256 g/mol. The molecule has 5 nitrogen and oxygen atoms in total. The number of rotatable bonds is 5. The van der Waals surface area contributed by atoms with Crippen molar-refractivity contribution in [2.24, 2.45) is 0 Å². The van der Waals surface area contributed by atoms with Crippen LogP contribution in [0.15, 0.2) is 36.4 Å². The van der Waals surface area contributed by atoms with Crippen LogP contribution in [0.5, 0.6) is 0 Å². The van der Waals surface area contributed by atoms with Gasteiger partial charge in [-0.2, -0.15) is 0 Å². The third-order valence-corrected chi connectivity index (χ3v) is 3.05. The third kappa shape index (κ3) is 3.32. The second-order valence-electron chi connectivity index (χ2n) is 4.61. The Hall–Kier alpha value is -2.43. The smallest absolute Gasteiger partial charge is 0.303 e. The highest BCUT2D eigenvalue weighted by Crippen LogP contribution is 2.12. The van der Waals surface area contributed by atoms with Gasteiger partial charge in [0.05, 0.1) is 5.52 Å². The molecule has 0 saturated heterocycles. The van der Waals surface area contributed by atoms with Crippen LogP contribution in [0, 0.1) is 0 Å². The van der Waals surface area contributed by atoms with E-state index in [0.717, 1.165) is 10.9 Å². The van der Waals surface area contributed by atoms with Crippen LogP contribution >= 0.6 is 0 Å². The maximum absolute atomic E-state index is 12.2. The summed E-state index contributed by atoms with van der Waals surface area (Å²) in [5.74, 6) is -1.05. The Bertz CT molecular complexity index is 640. The van der Waals surface area contributed by atoms with Gasteiger partial charge in [0.1, 0.15) is 5.69 Å². The van der Waals surface area contributed by atoms with Crippen LogP contribution in [0.25, 0.3) is 10.9 Å². The fraction of sp³-hybridized carbons (Fsp3) is 0.267. The molecule has 104 valence electrons. The van der Waals surface area contributed by atoms with E-state index in [1.165, 1.54) is 4.90 Å². The summed E-state index contributed by atoms with van der Waals surface area (Å²) in [6.07, 6.45) is 0.494. The molecule has 2 rings (SSSR count). The summed E-state index contributed by atoms with van der Waals surface area (Å²) in [6.45, 7) is 0.402. The van der Waals surface area contributed by atoms with Gasteiger partial charge in [0.2, 0.25) is 0 Å². The van der Waals surface area contributed by atoms with Crippen molar-refractivity contribution in [3.8, 4) is 0 Å². The Kier molecular flexibility index (Phi) is 4.30. The summed E-state index contributed by atoms with van der Waals surface area (Å²) in [5, 5.41) is 9.57. The van der Waals surface area contributed by atoms with E-state index in [1.807, 2.05) is 30.3 Å². The summed E-state index contributed by atoms with van der Waals surface area (Å²) in [7, 11) is 1.65. The van der Waals surface area contributed by atoms with Crippen molar-refractivity contribution in [2.75, 3.05) is 13.6 Å². The van der Waals surface area contributed by atoms with Crippen LogP contribution in [0.3, 0.4) is 0 Å². The summed E-state index contributed by atoms with van der Waals surface area (Å²) < 4.78 is 0. The number of aromatic nitrogens is 1. The van der Waals surface area contributed by atoms with Gasteiger partial charge in [-0.05, 0) is 18.6 Å². The normalized spacial score (nSPS) is 10.4. The summed E-state index contributed by atoms with van der Waals surface area (Å²) >= 11 is 0. The lowest BCUT2D eigenvalue weighted by Crippen LogP contribution is -2.28. The van der Waals surface area contributed by atoms with Gasteiger partial charge >= 0.3 is 5.97 Å². The number of carbonyl (C=O) groups excluding carboxylic acids is 1. The molecular formula is C15H16N2O3. The number of nitrogens with zero attached hydrogens (tertiary/aromatic N) is 2. The topological polar surface area (TPSA) is 70.5 Å². The molecule has 1 aromatic heterocycles. The van der Waals surface area contributed by atoms with Gasteiger partial charge in [-0.3, -0.25) is 9.59 Å². The zero-order chi connectivity index (χ0) is 14.5. The maximum atomic E-state index is 12.2. The monoisotopic (exact) mass is 272 g/mol. The lowest BCUT2D eigenvalue weighted by atomic mass is 10.2. The molecule has 0 saturated carbocycles. The van der Waals surface area contributed by atoms with Gasteiger partial charge in [0.15, 0.2) is 0 Å². The van der Waals surface area contributed by atoms with E-state index < -0.39 is 5.97 Å². The number of para-hydroxylation sites is 1. The first-order valence-corrected chi connectivity index (χ1v) is 6.41. The van der Waals surface area contributed by atoms with Gasteiger partial charge in [0.25, 0.3) is 5.91 Å². The number of fused-ring (bicyclic) bond motifs is 1. The first-order chi connectivity index (χ1) is 9.58. The first-order valence-electron chi connectivity index (χ1n) is 6.41. The van der Waals surface area contributed by atoms with E-state index in [0.29, 0.717) is 18.7 Å². The molecule has 2 aromatic rings. The van der Waals surface area contributed by atoms with Crippen LogP contribution in [0.2, 0.25) is 0 Å². The van der Waals surface area contributed by atoms with E-state index in [1.54, 1.807) is 13.1 Å². The highest BCUT2D eigenvalue weighted by Gasteiger charge is 2.13. The minimum absolute atomic E-state index is 0.0583. The molecule has 1 heterocycles. The largest absolute Gasteiger partial charge is 0.481 e. The molecule has 0 aliphatic carbocycles. The SMILES string of the molecule is CN(CCCC(=O)O)C(=O)c1ccc2ccccc2n1. The van der Waals surface area contributed by atoms with Crippen molar-refractivity contribution >= 4 is 22.8 Å². The van der Waals surface area contributed by atoms with Crippen LogP contribution in [-0.4, -0.2) is 40.5 Å². The number of aliphatic carboxylic acids is 1. The van der Waals surface area contributed by atoms with Crippen LogP contribution in [0.4, 0.5) is 0 Å². The van der Waals surface area contributed by atoms with Gasteiger partial charge in [-0.25, -0.2) is 4.98 Å². The Balaban J connectivity index is 2.08. The van der Waals surface area contributed by atoms with Crippen molar-refractivity contribution in [3.05, 3.63) is 42.1 Å². The minimum atomic E-state index is -0.852. The molecule has 0 aliphatic rings. The minimum Gasteiger partial charge on any atom is -0.481 e. The van der Waals surface area contributed by atoms with E-state index in [-0.39, 0.29) is 12.3 Å². The van der Waals surface area contributed by atoms with Gasteiger partial charge in [0, 0.05) is 25.4 Å². The van der Waals surface area contributed by atoms with Crippen LogP contribution < -0.4 is 0 Å². The molecule has 0 bridgehead atoms. The predicted octanol–water partition coefficient (Wildman–Crippen LogP) is 2.17. The zero-order valence-electron chi connectivity index (χ0n) is 11.2. The number of benzene rings is 1. The fourth-order valence-electron chi connectivity index (χ4n) is 1.95. The van der Waals surface area contributed by atoms with Gasteiger partial charge in [-0.15, -0.1) is 0 Å². The summed E-state index contributed by atoms with van der Waals surface area (Å²) in [4.78, 5) is 28.5. The molecule has 0 unspecified atom stereocenters. The maximum Gasteiger partial charge on any atom is 0.303 e. The van der Waals surface area contributed by atoms with Crippen molar-refractivity contribution < 1.29 is 14.7 Å². The molecule has 0 aliphatic heterocycles. The lowest BCUT2D eigenvalue weighted by molar-refractivity contribution is -0.137. The van der Waals surface area contributed by atoms with Crippen molar-refractivity contribution in [2.45, 2.75) is 12.8 Å². The molecule has 0 fully saturated rings. The number of hydrogen-bond donors (Lipinski definition) is 1. The molecule has 0 spiro atoms. The highest BCUT2D eigenvalue weighted by molar-refractivity contribution is 5.94. The van der Waals surface area contributed by atoms with E-state index >= 15 is 0 Å². The number of amides is 1. The molecule has 1 aromatic carbocycles. The van der Waals surface area contributed by atoms with Crippen molar-refractivity contribution in [1.82, 2.24) is 9.88 Å². The van der Waals surface area contributed by atoms with Crippen molar-refractivity contribution in [1.29, 1.82) is 0 Å². The lowest BCUT2D eigenvalue weighted by Gasteiger charge is -2.16. The van der Waals surface area contributed by atoms with Gasteiger partial charge < -0.3 is 10.0 Å². The molecule has 1 N–H and O–H groups in total. The Morgan fingerprint density at radius 1 is 1.20 bits per heavy atom. The van der Waals surface area contributed by atoms with Gasteiger partial charge in [-0.1, -0.05) is 24.3 Å². The Morgan fingerprint density at radius 2 is 1.95 bits per heavy atom. The average Bonchev–Trinajstić information content (AvgIpc) is 2.45. The molecule has 1 amide bonds. The molecule has 0 atom stereocenters. The number of carboxylic acid groups (broad SMARTS) is 1. The second kappa shape index (κ2) is 6.14. The predicted molar refractivity (Wildman–Crippen MR) is 75.6 cm³/mol. The van der Waals surface area contributed by atoms with Crippen LogP contribution in [-0.2, 0) is 4.79 Å². The standard InChI is InChI=1S/C15H16N2O3/c1-17(10-4-7-14(18)19)15(20)13-9-8-11-5-2-3-6-12(11)16-13/h2-3,5-6,8-9H,4,7,10H2,1H3,(H,18,19). The Labute approximate surface area is 116 Å². The fourth-order valence-corrected chi connectivity index (χ4v) is 1.95. The van der Waals surface area contributed by atoms with Crippen molar-refractivity contribution in [3.63, 3.8) is 0 Å². The number of carboxylic acids is 1. The number of carbonyl (C=O) groups is 2. The van der Waals surface area contributed by atoms with Crippen LogP contribution in [0.1, 0.15) is 23.3 Å². The summed E-state index contributed by atoms with van der Waals surface area (Å²) in [6, 6.07) is 11.1. The summed E-state index contributed by atoms with van der Waals surface area (Å²) in [5.41, 5.74) is 1.15. The molecule has 5 heteroatoms. The molecule has 0 radical (unpaired) electrons. The molecule has 20 heavy (non-hydrogen) atoms. The van der Waals surface area contributed by atoms with E-state index in [4.69, 9.17) is 5.11 Å². The average molecular weight is 272 g/mol. The quantitative estimate of drug-likeness (QED) is 0.905. The highest BCUT2D eigenvalue weighted by atomic mass is 16.4. The zero-order valence-corrected chi connectivity index (χ0v) is 11.2. The first kappa shape index (κ1) is 14.0. The van der Waals surface area contributed by atoms with E-state index in [2.05, 4.69) is 4.98 Å². The van der Waals surface area contributed by atoms with E-state index in [9.17, 15) is 9.59 Å². The number of hydrogen-bond acceptors (Lipinski definition) is 3.